The standard InChI is InChI=1S/C3H6N2OS.BrH/c4-3-5-2(6)1-7-3;/h2,6H,1H2,(H2,4,5);1H. The van der Waals surface area contributed by atoms with Gasteiger partial charge in [-0.05, 0) is 0 Å². The molecule has 8 heavy (non-hydrogen) atoms. The van der Waals surface area contributed by atoms with Crippen molar-refractivity contribution >= 4 is 33.9 Å². The SMILES string of the molecule is Br.NC1=NC(O)CS1. The zero-order valence-electron chi connectivity index (χ0n) is 4.07. The van der Waals surface area contributed by atoms with Crippen LogP contribution < -0.4 is 5.73 Å². The molecule has 1 rings (SSSR count). The van der Waals surface area contributed by atoms with Crippen molar-refractivity contribution in [3.8, 4) is 0 Å². The number of hydrogen-bond acceptors (Lipinski definition) is 4. The first kappa shape index (κ1) is 8.26. The predicted octanol–water partition coefficient (Wildman–Crippen LogP) is -0.0558. The van der Waals surface area contributed by atoms with E-state index in [1.54, 1.807) is 0 Å². The second-order valence-electron chi connectivity index (χ2n) is 1.26. The van der Waals surface area contributed by atoms with Crippen molar-refractivity contribution in [2.45, 2.75) is 6.23 Å². The average Bonchev–Trinajstić information content (AvgIpc) is 1.87. The number of amidine groups is 1. The van der Waals surface area contributed by atoms with Crippen molar-refractivity contribution in [2.75, 3.05) is 5.75 Å². The molecule has 1 aliphatic rings. The third-order valence-corrected chi connectivity index (χ3v) is 1.52. The summed E-state index contributed by atoms with van der Waals surface area (Å²) in [5, 5.41) is 9.10. The molecular formula is C3H7BrN2OS. The smallest absolute Gasteiger partial charge is 0.157 e. The van der Waals surface area contributed by atoms with Gasteiger partial charge >= 0.3 is 0 Å². The molecule has 5 heteroatoms. The van der Waals surface area contributed by atoms with Gasteiger partial charge in [-0.25, -0.2) is 4.99 Å². The molecule has 0 bridgehead atoms. The van der Waals surface area contributed by atoms with Gasteiger partial charge in [0.2, 0.25) is 0 Å². The van der Waals surface area contributed by atoms with Crippen LogP contribution in [0.4, 0.5) is 0 Å². The van der Waals surface area contributed by atoms with Crippen LogP contribution in [-0.4, -0.2) is 22.3 Å². The predicted molar refractivity (Wildman–Crippen MR) is 40.4 cm³/mol. The van der Waals surface area contributed by atoms with Gasteiger partial charge in [-0.1, -0.05) is 11.8 Å². The van der Waals surface area contributed by atoms with Gasteiger partial charge in [0.15, 0.2) is 11.4 Å². The highest BCUT2D eigenvalue weighted by molar-refractivity contribution is 8.93. The molecule has 0 saturated heterocycles. The Kier molecular flexibility index (Phi) is 3.43. The van der Waals surface area contributed by atoms with E-state index >= 15 is 0 Å². The lowest BCUT2D eigenvalue weighted by atomic mass is 10.7. The van der Waals surface area contributed by atoms with Crippen molar-refractivity contribution in [3.05, 3.63) is 0 Å². The molecule has 0 aromatic rings. The van der Waals surface area contributed by atoms with Gasteiger partial charge < -0.3 is 10.8 Å². The number of hydrogen-bond donors (Lipinski definition) is 2. The highest BCUT2D eigenvalue weighted by Gasteiger charge is 2.10. The van der Waals surface area contributed by atoms with E-state index in [2.05, 4.69) is 4.99 Å². The Morgan fingerprint density at radius 2 is 2.50 bits per heavy atom. The van der Waals surface area contributed by atoms with Gasteiger partial charge in [0, 0.05) is 5.75 Å². The molecule has 0 spiro atoms. The van der Waals surface area contributed by atoms with Crippen LogP contribution in [0.5, 0.6) is 0 Å². The summed E-state index contributed by atoms with van der Waals surface area (Å²) in [6, 6.07) is 0. The summed E-state index contributed by atoms with van der Waals surface area (Å²) in [6.45, 7) is 0. The molecule has 3 nitrogen and oxygen atoms in total. The fourth-order valence-electron chi connectivity index (χ4n) is 0.381. The lowest BCUT2D eigenvalue weighted by Crippen LogP contribution is -2.02. The Bertz CT molecular complexity index is 107. The van der Waals surface area contributed by atoms with E-state index in [9.17, 15) is 0 Å². The van der Waals surface area contributed by atoms with E-state index in [4.69, 9.17) is 10.8 Å². The van der Waals surface area contributed by atoms with Crippen LogP contribution in [-0.2, 0) is 0 Å². The maximum absolute atomic E-state index is 8.61. The summed E-state index contributed by atoms with van der Waals surface area (Å²) < 4.78 is 0. The van der Waals surface area contributed by atoms with Gasteiger partial charge in [-0.15, -0.1) is 17.0 Å². The van der Waals surface area contributed by atoms with Crippen LogP contribution in [0.2, 0.25) is 0 Å². The van der Waals surface area contributed by atoms with Crippen LogP contribution in [0, 0.1) is 0 Å². The minimum Gasteiger partial charge on any atom is -0.378 e. The van der Waals surface area contributed by atoms with E-state index in [-0.39, 0.29) is 17.0 Å². The van der Waals surface area contributed by atoms with Gasteiger partial charge in [0.1, 0.15) is 0 Å². The maximum Gasteiger partial charge on any atom is 0.157 e. The monoisotopic (exact) mass is 198 g/mol. The molecule has 1 unspecified atom stereocenters. The zero-order chi connectivity index (χ0) is 5.28. The second-order valence-corrected chi connectivity index (χ2v) is 2.30. The molecule has 1 aliphatic heterocycles. The van der Waals surface area contributed by atoms with E-state index in [1.165, 1.54) is 11.8 Å². The van der Waals surface area contributed by atoms with E-state index < -0.39 is 6.23 Å². The molecule has 0 aromatic heterocycles. The molecule has 0 aliphatic carbocycles. The van der Waals surface area contributed by atoms with Crippen molar-refractivity contribution in [3.63, 3.8) is 0 Å². The van der Waals surface area contributed by atoms with Crippen molar-refractivity contribution < 1.29 is 5.11 Å². The molecule has 1 atom stereocenters. The van der Waals surface area contributed by atoms with Gasteiger partial charge in [0.25, 0.3) is 0 Å². The largest absolute Gasteiger partial charge is 0.378 e. The van der Waals surface area contributed by atoms with Crippen molar-refractivity contribution in [2.24, 2.45) is 10.7 Å². The second kappa shape index (κ2) is 3.32. The molecule has 0 radical (unpaired) electrons. The minimum atomic E-state index is -0.551. The van der Waals surface area contributed by atoms with Crippen LogP contribution in [0.3, 0.4) is 0 Å². The molecule has 1 heterocycles. The zero-order valence-corrected chi connectivity index (χ0v) is 6.60. The van der Waals surface area contributed by atoms with Gasteiger partial charge in [-0.3, -0.25) is 0 Å². The lowest BCUT2D eigenvalue weighted by molar-refractivity contribution is 0.213. The number of rotatable bonds is 0. The van der Waals surface area contributed by atoms with E-state index in [1.807, 2.05) is 0 Å². The molecule has 48 valence electrons. The Labute approximate surface area is 62.1 Å². The van der Waals surface area contributed by atoms with Gasteiger partial charge in [0.05, 0.1) is 0 Å². The summed E-state index contributed by atoms with van der Waals surface area (Å²) in [5.74, 6) is 0.617. The van der Waals surface area contributed by atoms with E-state index in [0.29, 0.717) is 10.9 Å². The third-order valence-electron chi connectivity index (χ3n) is 0.657. The van der Waals surface area contributed by atoms with Gasteiger partial charge in [-0.2, -0.15) is 0 Å². The number of aliphatic hydroxyl groups excluding tert-OH is 1. The first-order valence-corrected chi connectivity index (χ1v) is 2.92. The quantitative estimate of drug-likeness (QED) is 0.574. The number of thioether (sulfide) groups is 1. The van der Waals surface area contributed by atoms with Crippen LogP contribution in [0.15, 0.2) is 4.99 Å². The number of nitrogens with zero attached hydrogens (tertiary/aromatic N) is 1. The summed E-state index contributed by atoms with van der Waals surface area (Å²) >= 11 is 1.38. The maximum atomic E-state index is 8.61. The van der Waals surface area contributed by atoms with Crippen LogP contribution >= 0.6 is 28.7 Å². The summed E-state index contributed by atoms with van der Waals surface area (Å²) in [4.78, 5) is 3.60. The fraction of sp³-hybridized carbons (Fsp3) is 0.667. The normalized spacial score (nSPS) is 26.6. The lowest BCUT2D eigenvalue weighted by Gasteiger charge is -1.86. The fourth-order valence-corrected chi connectivity index (χ4v) is 0.972. The molecule has 3 N–H and O–H groups in total. The number of aliphatic imine (C=N–C) groups is 1. The molecule has 0 amide bonds. The molecule has 0 saturated carbocycles. The summed E-state index contributed by atoms with van der Waals surface area (Å²) in [7, 11) is 0. The summed E-state index contributed by atoms with van der Waals surface area (Å²) in [5.41, 5.74) is 5.18. The molecule has 0 aromatic carbocycles. The number of nitrogens with two attached hydrogens (primary N) is 1. The highest BCUT2D eigenvalue weighted by Crippen LogP contribution is 2.11. The molecule has 0 fully saturated rings. The minimum absolute atomic E-state index is 0. The summed E-state index contributed by atoms with van der Waals surface area (Å²) in [6.07, 6.45) is -0.551. The Morgan fingerprint density at radius 1 is 1.88 bits per heavy atom. The number of aliphatic hydroxyl groups is 1. The highest BCUT2D eigenvalue weighted by atomic mass is 79.9. The van der Waals surface area contributed by atoms with Crippen LogP contribution in [0.1, 0.15) is 0 Å². The topological polar surface area (TPSA) is 58.6 Å². The van der Waals surface area contributed by atoms with Crippen LogP contribution in [0.25, 0.3) is 0 Å². The first-order chi connectivity index (χ1) is 3.29. The third kappa shape index (κ3) is 2.02. The van der Waals surface area contributed by atoms with Crippen molar-refractivity contribution in [1.29, 1.82) is 0 Å². The van der Waals surface area contributed by atoms with Crippen molar-refractivity contribution in [1.82, 2.24) is 0 Å². The Hall–Kier alpha value is 0.260. The first-order valence-electron chi connectivity index (χ1n) is 1.93. The Morgan fingerprint density at radius 3 is 2.62 bits per heavy atom. The number of halogens is 1. The molecular weight excluding hydrogens is 192 g/mol. The van der Waals surface area contributed by atoms with E-state index in [0.717, 1.165) is 0 Å². The average molecular weight is 199 g/mol. The Balaban J connectivity index is 0.000000490.